The number of halogens is 2. The molecular weight excluding hydrogens is 170 g/mol. The van der Waals surface area contributed by atoms with Crippen LogP contribution in [0.4, 0.5) is 8.78 Å². The molecule has 1 aliphatic rings. The van der Waals surface area contributed by atoms with Crippen molar-refractivity contribution in [1.29, 1.82) is 0 Å². The van der Waals surface area contributed by atoms with Gasteiger partial charge in [-0.1, -0.05) is 0 Å². The number of carbonyl (C=O) groups is 1. The fourth-order valence-electron chi connectivity index (χ4n) is 1.28. The highest BCUT2D eigenvalue weighted by Gasteiger charge is 2.36. The van der Waals surface area contributed by atoms with E-state index in [0.717, 1.165) is 12.2 Å². The second kappa shape index (κ2) is 3.52. The third-order valence-electron chi connectivity index (χ3n) is 1.85. The first kappa shape index (κ1) is 8.97. The summed E-state index contributed by atoms with van der Waals surface area (Å²) in [6.07, 6.45) is -0.439. The molecule has 1 saturated heterocycles. The van der Waals surface area contributed by atoms with Gasteiger partial charge in [0.25, 0.3) is 0 Å². The lowest BCUT2D eigenvalue weighted by molar-refractivity contribution is -0.110. The van der Waals surface area contributed by atoms with Gasteiger partial charge in [0.2, 0.25) is 6.43 Å². The van der Waals surface area contributed by atoms with Crippen molar-refractivity contribution in [3.8, 4) is 0 Å². The first-order chi connectivity index (χ1) is 5.18. The number of hydrogen-bond acceptors (Lipinski definition) is 2. The number of thioether (sulfide) groups is 1. The smallest absolute Gasteiger partial charge is 0.240 e. The molecule has 0 bridgehead atoms. The van der Waals surface area contributed by atoms with Crippen molar-refractivity contribution >= 4 is 18.0 Å². The topological polar surface area (TPSA) is 17.1 Å². The minimum Gasteiger partial charge on any atom is -0.302 e. The zero-order valence-corrected chi connectivity index (χ0v) is 6.87. The summed E-state index contributed by atoms with van der Waals surface area (Å²) in [7, 11) is 0. The Hall–Kier alpha value is -0.120. The second-order valence-corrected chi connectivity index (χ2v) is 4.24. The summed E-state index contributed by atoms with van der Waals surface area (Å²) in [6.45, 7) is 0. The molecule has 0 aromatic heterocycles. The van der Waals surface area contributed by atoms with Crippen molar-refractivity contribution in [2.45, 2.75) is 30.4 Å². The van der Waals surface area contributed by atoms with E-state index in [9.17, 15) is 13.6 Å². The van der Waals surface area contributed by atoms with Gasteiger partial charge in [-0.25, -0.2) is 8.78 Å². The van der Waals surface area contributed by atoms with Crippen molar-refractivity contribution < 1.29 is 13.6 Å². The molecule has 1 aliphatic heterocycles. The van der Waals surface area contributed by atoms with Crippen LogP contribution in [0.1, 0.15) is 19.3 Å². The van der Waals surface area contributed by atoms with Gasteiger partial charge in [-0.2, -0.15) is 0 Å². The molecule has 1 fully saturated rings. The Morgan fingerprint density at radius 2 is 2.36 bits per heavy atom. The Morgan fingerprint density at radius 1 is 1.64 bits per heavy atom. The van der Waals surface area contributed by atoms with Crippen LogP contribution in [0.25, 0.3) is 0 Å². The lowest BCUT2D eigenvalue weighted by atomic mass is 10.0. The lowest BCUT2D eigenvalue weighted by Gasteiger charge is -2.19. The summed E-state index contributed by atoms with van der Waals surface area (Å²) in [5.41, 5.74) is 0. The average Bonchev–Trinajstić information content (AvgIpc) is 2.36. The van der Waals surface area contributed by atoms with Gasteiger partial charge < -0.3 is 4.79 Å². The van der Waals surface area contributed by atoms with Gasteiger partial charge in [-0.15, -0.1) is 11.8 Å². The Kier molecular flexibility index (Phi) is 2.87. The summed E-state index contributed by atoms with van der Waals surface area (Å²) in [4.78, 5) is 10.5. The Labute approximate surface area is 68.5 Å². The third-order valence-corrected chi connectivity index (χ3v) is 3.38. The molecule has 64 valence electrons. The van der Waals surface area contributed by atoms with E-state index >= 15 is 0 Å². The van der Waals surface area contributed by atoms with E-state index in [4.69, 9.17) is 0 Å². The fraction of sp³-hybridized carbons (Fsp3) is 0.857. The lowest BCUT2D eigenvalue weighted by Crippen LogP contribution is -2.25. The molecule has 11 heavy (non-hydrogen) atoms. The summed E-state index contributed by atoms with van der Waals surface area (Å²) < 4.78 is 23.1. The molecule has 1 heterocycles. The number of alkyl halides is 2. The molecule has 0 aromatic carbocycles. The molecule has 1 atom stereocenters. The monoisotopic (exact) mass is 180 g/mol. The predicted octanol–water partition coefficient (Wildman–Crippen LogP) is 2.11. The fourth-order valence-corrected chi connectivity index (χ4v) is 2.58. The van der Waals surface area contributed by atoms with Crippen LogP contribution in [0.2, 0.25) is 0 Å². The molecule has 0 saturated carbocycles. The van der Waals surface area contributed by atoms with Crippen molar-refractivity contribution in [2.24, 2.45) is 0 Å². The minimum absolute atomic E-state index is 0.277. The second-order valence-electron chi connectivity index (χ2n) is 2.73. The van der Waals surface area contributed by atoms with Gasteiger partial charge in [-0.3, -0.25) is 0 Å². The molecule has 0 aromatic rings. The average molecular weight is 180 g/mol. The highest BCUT2D eigenvalue weighted by atomic mass is 32.2. The number of hydrogen-bond donors (Lipinski definition) is 0. The highest BCUT2D eigenvalue weighted by molar-refractivity contribution is 8.01. The van der Waals surface area contributed by atoms with E-state index in [0.29, 0.717) is 12.7 Å². The molecule has 1 unspecified atom stereocenters. The first-order valence-electron chi connectivity index (χ1n) is 3.57. The van der Waals surface area contributed by atoms with Gasteiger partial charge in [-0.05, 0) is 18.6 Å². The minimum atomic E-state index is -2.36. The van der Waals surface area contributed by atoms with Crippen LogP contribution in [0.3, 0.4) is 0 Å². The summed E-state index contributed by atoms with van der Waals surface area (Å²) in [5.74, 6) is 0.839. The normalized spacial score (nSPS) is 31.2. The van der Waals surface area contributed by atoms with Crippen LogP contribution < -0.4 is 0 Å². The van der Waals surface area contributed by atoms with Crippen molar-refractivity contribution in [3.63, 3.8) is 0 Å². The quantitative estimate of drug-likeness (QED) is 0.619. The van der Waals surface area contributed by atoms with Crippen LogP contribution >= 0.6 is 11.8 Å². The van der Waals surface area contributed by atoms with Crippen molar-refractivity contribution in [1.82, 2.24) is 0 Å². The van der Waals surface area contributed by atoms with Crippen LogP contribution in [-0.4, -0.2) is 23.2 Å². The van der Waals surface area contributed by atoms with E-state index in [1.165, 1.54) is 11.8 Å². The van der Waals surface area contributed by atoms with Crippen LogP contribution in [0, 0.1) is 0 Å². The SMILES string of the molecule is O=CC1(CC(F)F)CCCS1. The predicted molar refractivity (Wildman–Crippen MR) is 41.1 cm³/mol. The largest absolute Gasteiger partial charge is 0.302 e. The van der Waals surface area contributed by atoms with E-state index in [-0.39, 0.29) is 6.42 Å². The molecule has 0 amide bonds. The molecule has 0 spiro atoms. The van der Waals surface area contributed by atoms with E-state index < -0.39 is 11.2 Å². The maximum absolute atomic E-state index is 11.9. The first-order valence-corrected chi connectivity index (χ1v) is 4.55. The van der Waals surface area contributed by atoms with Gasteiger partial charge in [0.1, 0.15) is 6.29 Å². The van der Waals surface area contributed by atoms with E-state index in [1.54, 1.807) is 0 Å². The van der Waals surface area contributed by atoms with Crippen LogP contribution in [-0.2, 0) is 4.79 Å². The number of aldehydes is 1. The molecule has 0 aliphatic carbocycles. The Bertz CT molecular complexity index is 143. The standard InChI is InChI=1S/C7H10F2OS/c8-6(9)4-7(5-10)2-1-3-11-7/h5-6H,1-4H2. The van der Waals surface area contributed by atoms with E-state index in [2.05, 4.69) is 0 Å². The van der Waals surface area contributed by atoms with Crippen LogP contribution in [0.5, 0.6) is 0 Å². The molecule has 0 radical (unpaired) electrons. The number of rotatable bonds is 3. The van der Waals surface area contributed by atoms with Gasteiger partial charge in [0, 0.05) is 6.42 Å². The third kappa shape index (κ3) is 2.15. The van der Waals surface area contributed by atoms with E-state index in [1.807, 2.05) is 0 Å². The Balaban J connectivity index is 2.52. The van der Waals surface area contributed by atoms with Gasteiger partial charge >= 0.3 is 0 Å². The summed E-state index contributed by atoms with van der Waals surface area (Å²) >= 11 is 1.37. The number of carbonyl (C=O) groups excluding carboxylic acids is 1. The van der Waals surface area contributed by atoms with Gasteiger partial charge in [0.15, 0.2) is 0 Å². The highest BCUT2D eigenvalue weighted by Crippen LogP contribution is 2.40. The maximum atomic E-state index is 11.9. The van der Waals surface area contributed by atoms with Crippen molar-refractivity contribution in [2.75, 3.05) is 5.75 Å². The molecule has 0 N–H and O–H groups in total. The van der Waals surface area contributed by atoms with Gasteiger partial charge in [0.05, 0.1) is 4.75 Å². The molecule has 1 nitrogen and oxygen atoms in total. The summed E-state index contributed by atoms with van der Waals surface area (Å²) in [5, 5.41) is 0. The molecule has 1 rings (SSSR count). The maximum Gasteiger partial charge on any atom is 0.240 e. The zero-order valence-electron chi connectivity index (χ0n) is 6.06. The summed E-state index contributed by atoms with van der Waals surface area (Å²) in [6, 6.07) is 0. The molecule has 4 heteroatoms. The Morgan fingerprint density at radius 3 is 2.73 bits per heavy atom. The van der Waals surface area contributed by atoms with Crippen molar-refractivity contribution in [3.05, 3.63) is 0 Å². The molecular formula is C7H10F2OS. The zero-order chi connectivity index (χ0) is 8.32. The van der Waals surface area contributed by atoms with Crippen LogP contribution in [0.15, 0.2) is 0 Å².